The highest BCUT2D eigenvalue weighted by atomic mass is 16.3. The second-order valence-electron chi connectivity index (χ2n) is 14.2. The normalized spacial score (nSPS) is 14.2. The largest absolute Gasteiger partial charge is 0.454 e. The Morgan fingerprint density at radius 3 is 1.82 bits per heavy atom. The molecule has 264 valence electrons. The van der Waals surface area contributed by atoms with Crippen LogP contribution in [0.4, 0.5) is 0 Å². The second kappa shape index (κ2) is 13.1. The third-order valence-electron chi connectivity index (χ3n) is 10.9. The Morgan fingerprint density at radius 2 is 1.05 bits per heavy atom. The van der Waals surface area contributed by atoms with Gasteiger partial charge in [0, 0.05) is 38.2 Å². The molecule has 0 spiro atoms. The molecule has 0 radical (unpaired) electrons. The van der Waals surface area contributed by atoms with Crippen molar-refractivity contribution in [1.29, 1.82) is 0 Å². The molecule has 2 aromatic heterocycles. The van der Waals surface area contributed by atoms with E-state index >= 15 is 0 Å². The fourth-order valence-corrected chi connectivity index (χ4v) is 8.23. The molecule has 1 N–H and O–H groups in total. The topological polar surface area (TPSA) is 54.8 Å². The number of amidine groups is 2. The van der Waals surface area contributed by atoms with Crippen molar-refractivity contribution in [3.8, 4) is 27.9 Å². The van der Waals surface area contributed by atoms with Gasteiger partial charge in [0.1, 0.15) is 17.6 Å². The fraction of sp³-hybridized carbons (Fsp3) is 0.0196. The summed E-state index contributed by atoms with van der Waals surface area (Å²) in [6, 6.07) is 67.9. The number of benzene rings is 8. The van der Waals surface area contributed by atoms with Gasteiger partial charge >= 0.3 is 0 Å². The predicted octanol–water partition coefficient (Wildman–Crippen LogP) is 12.5. The molecule has 1 aliphatic heterocycles. The molecule has 5 nitrogen and oxygen atoms in total. The minimum atomic E-state index is -0.413. The number of aromatic nitrogens is 1. The van der Waals surface area contributed by atoms with Gasteiger partial charge in [0.05, 0.1) is 16.7 Å². The molecule has 1 aliphatic rings. The minimum Gasteiger partial charge on any atom is -0.454 e. The van der Waals surface area contributed by atoms with E-state index < -0.39 is 6.17 Å². The molecule has 0 fully saturated rings. The zero-order chi connectivity index (χ0) is 37.0. The smallest absolute Gasteiger partial charge is 0.159 e. The maximum absolute atomic E-state index is 6.88. The Labute approximate surface area is 323 Å². The third-order valence-corrected chi connectivity index (χ3v) is 10.9. The lowest BCUT2D eigenvalue weighted by Gasteiger charge is -2.24. The van der Waals surface area contributed by atoms with Crippen LogP contribution in [-0.4, -0.2) is 16.2 Å². The third kappa shape index (κ3) is 5.32. The number of para-hydroxylation sites is 2. The van der Waals surface area contributed by atoms with Gasteiger partial charge < -0.3 is 14.3 Å². The lowest BCUT2D eigenvalue weighted by Crippen LogP contribution is -2.33. The molecule has 5 heteroatoms. The molecule has 11 rings (SSSR count). The van der Waals surface area contributed by atoms with Crippen molar-refractivity contribution in [2.24, 2.45) is 9.98 Å². The number of nitrogens with zero attached hydrogens (tertiary/aromatic N) is 3. The van der Waals surface area contributed by atoms with Crippen LogP contribution in [-0.2, 0) is 0 Å². The highest BCUT2D eigenvalue weighted by Crippen LogP contribution is 2.41. The molecule has 8 aromatic carbocycles. The molecule has 0 saturated heterocycles. The Hall–Kier alpha value is -7.50. The van der Waals surface area contributed by atoms with Crippen molar-refractivity contribution in [3.05, 3.63) is 211 Å². The van der Waals surface area contributed by atoms with Gasteiger partial charge in [-0.2, -0.15) is 0 Å². The Kier molecular flexibility index (Phi) is 7.49. The van der Waals surface area contributed by atoms with Crippen LogP contribution in [0.2, 0.25) is 0 Å². The number of hydrogen-bond donors (Lipinski definition) is 1. The van der Waals surface area contributed by atoms with Crippen molar-refractivity contribution in [2.75, 3.05) is 0 Å². The zero-order valence-corrected chi connectivity index (χ0v) is 30.3. The van der Waals surface area contributed by atoms with Crippen molar-refractivity contribution in [1.82, 2.24) is 9.88 Å². The van der Waals surface area contributed by atoms with E-state index in [9.17, 15) is 0 Å². The number of hydrogen-bond acceptors (Lipinski definition) is 4. The molecule has 0 saturated carbocycles. The van der Waals surface area contributed by atoms with Crippen molar-refractivity contribution >= 4 is 55.4 Å². The van der Waals surface area contributed by atoms with E-state index in [0.29, 0.717) is 5.84 Å². The number of fused-ring (bicyclic) bond motifs is 6. The average molecular weight is 719 g/mol. The molecule has 0 aliphatic carbocycles. The van der Waals surface area contributed by atoms with Crippen LogP contribution in [0.15, 0.2) is 209 Å². The summed E-state index contributed by atoms with van der Waals surface area (Å²) < 4.78 is 9.23. The minimum absolute atomic E-state index is 0.413. The first-order valence-electron chi connectivity index (χ1n) is 18.9. The highest BCUT2D eigenvalue weighted by Gasteiger charge is 2.26. The molecule has 0 bridgehead atoms. The molecule has 0 amide bonds. The summed E-state index contributed by atoms with van der Waals surface area (Å²) in [6.07, 6.45) is -0.413. The fourth-order valence-electron chi connectivity index (χ4n) is 8.23. The summed E-state index contributed by atoms with van der Waals surface area (Å²) in [5.74, 6) is 1.45. The van der Waals surface area contributed by atoms with Gasteiger partial charge in [0.15, 0.2) is 11.4 Å². The molecule has 1 atom stereocenters. The number of aliphatic imine (C=N–C) groups is 2. The average Bonchev–Trinajstić information content (AvgIpc) is 3.83. The molecular weight excluding hydrogens is 685 g/mol. The van der Waals surface area contributed by atoms with Gasteiger partial charge in [-0.1, -0.05) is 164 Å². The summed E-state index contributed by atoms with van der Waals surface area (Å²) in [7, 11) is 0. The van der Waals surface area contributed by atoms with Crippen molar-refractivity contribution in [2.45, 2.75) is 6.17 Å². The van der Waals surface area contributed by atoms with E-state index in [2.05, 4.69) is 180 Å². The summed E-state index contributed by atoms with van der Waals surface area (Å²) in [6.45, 7) is 0. The maximum Gasteiger partial charge on any atom is 0.159 e. The van der Waals surface area contributed by atoms with Crippen LogP contribution >= 0.6 is 0 Å². The molecule has 1 unspecified atom stereocenters. The van der Waals surface area contributed by atoms with Crippen LogP contribution in [0, 0.1) is 0 Å². The van der Waals surface area contributed by atoms with E-state index in [0.717, 1.165) is 66.7 Å². The van der Waals surface area contributed by atoms with Gasteiger partial charge in [0.2, 0.25) is 0 Å². The van der Waals surface area contributed by atoms with E-state index in [1.807, 2.05) is 24.3 Å². The van der Waals surface area contributed by atoms with Crippen LogP contribution in [0.5, 0.6) is 0 Å². The zero-order valence-electron chi connectivity index (χ0n) is 30.3. The molecule has 10 aromatic rings. The lowest BCUT2D eigenvalue weighted by atomic mass is 10.0. The van der Waals surface area contributed by atoms with E-state index in [1.54, 1.807) is 0 Å². The molecule has 56 heavy (non-hydrogen) atoms. The number of rotatable bonds is 6. The maximum atomic E-state index is 6.88. The van der Waals surface area contributed by atoms with Gasteiger partial charge in [-0.25, -0.2) is 9.98 Å². The quantitative estimate of drug-likeness (QED) is 0.186. The van der Waals surface area contributed by atoms with Crippen LogP contribution in [0.1, 0.15) is 22.9 Å². The monoisotopic (exact) mass is 718 g/mol. The Bertz CT molecular complexity index is 3140. The number of furan rings is 1. The first-order chi connectivity index (χ1) is 27.8. The van der Waals surface area contributed by atoms with E-state index in [4.69, 9.17) is 14.4 Å². The Morgan fingerprint density at radius 1 is 0.464 bits per heavy atom. The Balaban J connectivity index is 1.07. The standard InChI is InChI=1S/C51H34N4O/c1-4-14-33(15-5-1)35-26-28-37(29-27-35)50-52-49(36-18-8-3-9-19-36)53-51(54-50)41-22-13-25-46-47(41)40-21-12-24-45(48(40)56-46)55-43-23-11-10-20-39(43)42-32-38(30-31-44(42)55)34-16-6-2-7-17-34/h1-32,51H,(H,52,53,54). The van der Waals surface area contributed by atoms with Crippen molar-refractivity contribution in [3.63, 3.8) is 0 Å². The lowest BCUT2D eigenvalue weighted by molar-refractivity contribution is 0.660. The number of nitrogens with one attached hydrogen (secondary N) is 1. The van der Waals surface area contributed by atoms with Crippen LogP contribution < -0.4 is 5.32 Å². The molecular formula is C51H34N4O. The molecule has 3 heterocycles. The predicted molar refractivity (Wildman–Crippen MR) is 231 cm³/mol. The SMILES string of the molecule is c1ccc(C2=NC(c3ccc(-c4ccccc4)cc3)=NC(c3cccc4oc5c(-n6c7ccccc7c7cc(-c8ccccc8)ccc76)cccc5c34)N2)cc1. The summed E-state index contributed by atoms with van der Waals surface area (Å²) >= 11 is 0. The van der Waals surface area contributed by atoms with Gasteiger partial charge in [-0.05, 0) is 52.6 Å². The van der Waals surface area contributed by atoms with Crippen LogP contribution in [0.3, 0.4) is 0 Å². The van der Waals surface area contributed by atoms with E-state index in [1.165, 1.54) is 27.5 Å². The first kappa shape index (κ1) is 32.0. The van der Waals surface area contributed by atoms with Crippen molar-refractivity contribution < 1.29 is 4.42 Å². The second-order valence-corrected chi connectivity index (χ2v) is 14.2. The first-order valence-corrected chi connectivity index (χ1v) is 18.9. The van der Waals surface area contributed by atoms with Gasteiger partial charge in [0.25, 0.3) is 0 Å². The van der Waals surface area contributed by atoms with Gasteiger partial charge in [-0.15, -0.1) is 0 Å². The highest BCUT2D eigenvalue weighted by molar-refractivity contribution is 6.16. The van der Waals surface area contributed by atoms with Gasteiger partial charge in [-0.3, -0.25) is 0 Å². The van der Waals surface area contributed by atoms with E-state index in [-0.39, 0.29) is 0 Å². The summed E-state index contributed by atoms with van der Waals surface area (Å²) in [4.78, 5) is 10.4. The summed E-state index contributed by atoms with van der Waals surface area (Å²) in [5.41, 5.74) is 12.6. The van der Waals surface area contributed by atoms with Crippen LogP contribution in [0.25, 0.3) is 71.7 Å². The summed E-state index contributed by atoms with van der Waals surface area (Å²) in [5, 5.41) is 8.17.